The van der Waals surface area contributed by atoms with Gasteiger partial charge >= 0.3 is 0 Å². The summed E-state index contributed by atoms with van der Waals surface area (Å²) in [4.78, 5) is 0. The quantitative estimate of drug-likeness (QED) is 0.378. The topological polar surface area (TPSA) is 79.2 Å². The second-order valence-corrected chi connectivity index (χ2v) is 5.93. The first-order chi connectivity index (χ1) is 10.7. The van der Waals surface area contributed by atoms with E-state index in [0.29, 0.717) is 6.61 Å². The fourth-order valence-corrected chi connectivity index (χ4v) is 2.54. The lowest BCUT2D eigenvalue weighted by Crippen LogP contribution is -2.40. The number of allylic oxidation sites excluding steroid dienone is 2. The van der Waals surface area contributed by atoms with Crippen LogP contribution in [0.3, 0.4) is 0 Å². The van der Waals surface area contributed by atoms with Crippen molar-refractivity contribution in [2.75, 3.05) is 19.8 Å². The molecule has 0 saturated carbocycles. The fraction of sp³-hybridized carbons (Fsp3) is 0.882. The van der Waals surface area contributed by atoms with E-state index in [9.17, 15) is 15.3 Å². The highest BCUT2D eigenvalue weighted by atomic mass is 16.5. The third-order valence-corrected chi connectivity index (χ3v) is 3.92. The van der Waals surface area contributed by atoms with Crippen LogP contribution in [0.1, 0.15) is 51.9 Å². The van der Waals surface area contributed by atoms with Gasteiger partial charge in [0.2, 0.25) is 0 Å². The molecule has 4 atom stereocenters. The number of hydrogen-bond donors (Lipinski definition) is 3. The molecule has 1 aliphatic heterocycles. The zero-order chi connectivity index (χ0) is 16.2. The Kier molecular flexibility index (Phi) is 10.7. The monoisotopic (exact) mass is 316 g/mol. The zero-order valence-corrected chi connectivity index (χ0v) is 13.7. The Balaban J connectivity index is 1.90. The number of ether oxygens (including phenoxy) is 2. The molecule has 0 unspecified atom stereocenters. The van der Waals surface area contributed by atoms with Crippen LogP contribution >= 0.6 is 0 Å². The van der Waals surface area contributed by atoms with E-state index in [1.165, 1.54) is 25.7 Å². The minimum absolute atomic E-state index is 0.0658. The Labute approximate surface area is 133 Å². The van der Waals surface area contributed by atoms with Crippen LogP contribution in [0.4, 0.5) is 0 Å². The van der Waals surface area contributed by atoms with Crippen LogP contribution in [-0.4, -0.2) is 59.6 Å². The molecule has 1 rings (SSSR count). The average Bonchev–Trinajstić information content (AvgIpc) is 2.84. The summed E-state index contributed by atoms with van der Waals surface area (Å²) in [5.41, 5.74) is 0. The number of hydrogen-bond acceptors (Lipinski definition) is 5. The first kappa shape index (κ1) is 19.6. The molecular formula is C17H32O5. The lowest BCUT2D eigenvalue weighted by Gasteiger charge is -2.20. The van der Waals surface area contributed by atoms with Crippen molar-refractivity contribution in [3.8, 4) is 0 Å². The summed E-state index contributed by atoms with van der Waals surface area (Å²) in [6.07, 6.45) is 9.00. The van der Waals surface area contributed by atoms with E-state index >= 15 is 0 Å². The smallest absolute Gasteiger partial charge is 0.114 e. The molecule has 22 heavy (non-hydrogen) atoms. The first-order valence-electron chi connectivity index (χ1n) is 8.55. The van der Waals surface area contributed by atoms with E-state index in [2.05, 4.69) is 19.1 Å². The molecular weight excluding hydrogens is 284 g/mol. The minimum atomic E-state index is -1.03. The number of unbranched alkanes of at least 4 members (excludes halogenated alkanes) is 5. The Morgan fingerprint density at radius 3 is 2.55 bits per heavy atom. The van der Waals surface area contributed by atoms with Gasteiger partial charge in [0.15, 0.2) is 0 Å². The summed E-state index contributed by atoms with van der Waals surface area (Å²) in [5.74, 6) is 0. The molecule has 5 nitrogen and oxygen atoms in total. The van der Waals surface area contributed by atoms with Gasteiger partial charge in [0.1, 0.15) is 24.4 Å². The van der Waals surface area contributed by atoms with Crippen LogP contribution in [0.15, 0.2) is 12.2 Å². The standard InChI is InChI=1S/C17H32O5/c1-2-3-4-5-6-7-8-9-10-11-21-12-15(19)17-16(20)14(18)13-22-17/h3-4,14-20H,2,5-13H2,1H3/b4-3+/t14-,15+,16+,17+/m1/s1. The molecule has 0 radical (unpaired) electrons. The maximum Gasteiger partial charge on any atom is 0.114 e. The van der Waals surface area contributed by atoms with Gasteiger partial charge in [-0.25, -0.2) is 0 Å². The van der Waals surface area contributed by atoms with E-state index in [4.69, 9.17) is 9.47 Å². The SMILES string of the molecule is CC/C=C/CCCCCCCOC[C@H](O)[C@@H]1OC[C@@H](O)[C@@H]1O. The highest BCUT2D eigenvalue weighted by Crippen LogP contribution is 2.17. The molecule has 1 fully saturated rings. The third-order valence-electron chi connectivity index (χ3n) is 3.92. The Hall–Kier alpha value is -0.460. The van der Waals surface area contributed by atoms with Crippen molar-refractivity contribution < 1.29 is 24.8 Å². The molecule has 0 bridgehead atoms. The molecule has 0 aliphatic carbocycles. The van der Waals surface area contributed by atoms with Gasteiger partial charge in [0, 0.05) is 6.61 Å². The van der Waals surface area contributed by atoms with Crippen molar-refractivity contribution in [3.05, 3.63) is 12.2 Å². The molecule has 0 amide bonds. The highest BCUT2D eigenvalue weighted by Gasteiger charge is 2.39. The van der Waals surface area contributed by atoms with Gasteiger partial charge in [-0.3, -0.25) is 0 Å². The maximum atomic E-state index is 9.85. The lowest BCUT2D eigenvalue weighted by molar-refractivity contribution is -0.0813. The zero-order valence-electron chi connectivity index (χ0n) is 13.7. The van der Waals surface area contributed by atoms with E-state index < -0.39 is 24.4 Å². The van der Waals surface area contributed by atoms with E-state index in [1.54, 1.807) is 0 Å². The predicted octanol–water partition coefficient (Wildman–Crippen LogP) is 1.79. The van der Waals surface area contributed by atoms with Crippen LogP contribution in [0, 0.1) is 0 Å². The lowest BCUT2D eigenvalue weighted by atomic mass is 10.1. The van der Waals surface area contributed by atoms with Crippen molar-refractivity contribution in [1.82, 2.24) is 0 Å². The molecule has 1 saturated heterocycles. The van der Waals surface area contributed by atoms with Gasteiger partial charge in [0.05, 0.1) is 13.2 Å². The van der Waals surface area contributed by atoms with Crippen LogP contribution < -0.4 is 0 Å². The molecule has 0 aromatic heterocycles. The summed E-state index contributed by atoms with van der Waals surface area (Å²) < 4.78 is 10.6. The largest absolute Gasteiger partial charge is 0.388 e. The van der Waals surface area contributed by atoms with Crippen LogP contribution in [0.2, 0.25) is 0 Å². The molecule has 130 valence electrons. The average molecular weight is 316 g/mol. The number of aliphatic hydroxyl groups excluding tert-OH is 3. The summed E-state index contributed by atoms with van der Waals surface area (Å²) in [5, 5.41) is 28.8. The van der Waals surface area contributed by atoms with E-state index in [-0.39, 0.29) is 13.2 Å². The highest BCUT2D eigenvalue weighted by molar-refractivity contribution is 4.87. The summed E-state index contributed by atoms with van der Waals surface area (Å²) >= 11 is 0. The molecule has 1 heterocycles. The van der Waals surface area contributed by atoms with E-state index in [0.717, 1.165) is 19.3 Å². The Morgan fingerprint density at radius 2 is 1.86 bits per heavy atom. The molecule has 5 heteroatoms. The van der Waals surface area contributed by atoms with Crippen molar-refractivity contribution in [3.63, 3.8) is 0 Å². The molecule has 0 aromatic carbocycles. The van der Waals surface area contributed by atoms with Gasteiger partial charge in [-0.2, -0.15) is 0 Å². The van der Waals surface area contributed by atoms with Crippen LogP contribution in [0.5, 0.6) is 0 Å². The van der Waals surface area contributed by atoms with E-state index in [1.807, 2.05) is 0 Å². The fourth-order valence-electron chi connectivity index (χ4n) is 2.54. The molecule has 3 N–H and O–H groups in total. The van der Waals surface area contributed by atoms with Crippen molar-refractivity contribution in [1.29, 1.82) is 0 Å². The predicted molar refractivity (Wildman–Crippen MR) is 85.7 cm³/mol. The maximum absolute atomic E-state index is 9.85. The second-order valence-electron chi connectivity index (χ2n) is 5.93. The van der Waals surface area contributed by atoms with Gasteiger partial charge in [-0.15, -0.1) is 0 Å². The Bertz CT molecular complexity index is 295. The third kappa shape index (κ3) is 7.70. The van der Waals surface area contributed by atoms with Crippen LogP contribution in [-0.2, 0) is 9.47 Å². The first-order valence-corrected chi connectivity index (χ1v) is 8.55. The second kappa shape index (κ2) is 12.0. The van der Waals surface area contributed by atoms with Gasteiger partial charge in [0.25, 0.3) is 0 Å². The van der Waals surface area contributed by atoms with Gasteiger partial charge < -0.3 is 24.8 Å². The molecule has 0 aromatic rings. The van der Waals surface area contributed by atoms with Crippen molar-refractivity contribution in [2.45, 2.75) is 76.3 Å². The number of aliphatic hydroxyl groups is 3. The van der Waals surface area contributed by atoms with Gasteiger partial charge in [-0.05, 0) is 25.7 Å². The van der Waals surface area contributed by atoms with Gasteiger partial charge in [-0.1, -0.05) is 38.3 Å². The van der Waals surface area contributed by atoms with Crippen molar-refractivity contribution in [2.24, 2.45) is 0 Å². The number of rotatable bonds is 12. The molecule has 0 spiro atoms. The summed E-state index contributed by atoms with van der Waals surface area (Å²) in [7, 11) is 0. The van der Waals surface area contributed by atoms with Crippen molar-refractivity contribution >= 4 is 0 Å². The Morgan fingerprint density at radius 1 is 1.14 bits per heavy atom. The normalized spacial score (nSPS) is 26.8. The summed E-state index contributed by atoms with van der Waals surface area (Å²) in [6.45, 7) is 2.96. The summed E-state index contributed by atoms with van der Waals surface area (Å²) in [6, 6.07) is 0. The molecule has 1 aliphatic rings. The van der Waals surface area contributed by atoms with Crippen LogP contribution in [0.25, 0.3) is 0 Å². The minimum Gasteiger partial charge on any atom is -0.388 e.